The van der Waals surface area contributed by atoms with E-state index in [1.807, 2.05) is 6.92 Å². The molecule has 1 atom stereocenters. The largest absolute Gasteiger partial charge is 0.467 e. The Hall–Kier alpha value is -3.30. The highest BCUT2D eigenvalue weighted by atomic mass is 19.1. The van der Waals surface area contributed by atoms with Crippen LogP contribution in [0.2, 0.25) is 0 Å². The van der Waals surface area contributed by atoms with Crippen LogP contribution in [0.4, 0.5) is 18.0 Å². The number of urea groups is 1. The lowest BCUT2D eigenvalue weighted by Crippen LogP contribution is -2.56. The van der Waals surface area contributed by atoms with E-state index < -0.39 is 46.9 Å². The van der Waals surface area contributed by atoms with Gasteiger partial charge in [-0.2, -0.15) is 0 Å². The summed E-state index contributed by atoms with van der Waals surface area (Å²) in [6, 6.07) is 4.00. The number of nitrogens with zero attached hydrogens (tertiary/aromatic N) is 2. The van der Waals surface area contributed by atoms with E-state index in [0.717, 1.165) is 4.90 Å². The van der Waals surface area contributed by atoms with Crippen molar-refractivity contribution in [2.75, 3.05) is 13.1 Å². The number of rotatable bonds is 7. The Balaban J connectivity index is 1.44. The number of imide groups is 1. The van der Waals surface area contributed by atoms with Gasteiger partial charge in [0.1, 0.15) is 28.8 Å². The van der Waals surface area contributed by atoms with Crippen LogP contribution < -0.4 is 5.32 Å². The van der Waals surface area contributed by atoms with Crippen molar-refractivity contribution in [3.8, 4) is 0 Å². The normalized spacial score (nSPS) is 21.3. The maximum absolute atomic E-state index is 14.0. The number of amides is 4. The van der Waals surface area contributed by atoms with Gasteiger partial charge in [-0.1, -0.05) is 13.3 Å². The van der Waals surface area contributed by atoms with Crippen molar-refractivity contribution in [1.82, 2.24) is 15.1 Å². The molecule has 0 bridgehead atoms. The van der Waals surface area contributed by atoms with E-state index in [4.69, 9.17) is 4.42 Å². The predicted octanol–water partition coefficient (Wildman–Crippen LogP) is 3.77. The summed E-state index contributed by atoms with van der Waals surface area (Å²) in [7, 11) is 0. The van der Waals surface area contributed by atoms with Crippen LogP contribution >= 0.6 is 0 Å². The Morgan fingerprint density at radius 2 is 1.85 bits per heavy atom. The number of carbonyl (C=O) groups is 3. The molecule has 2 saturated heterocycles. The van der Waals surface area contributed by atoms with Gasteiger partial charge in [-0.3, -0.25) is 14.5 Å². The SMILES string of the molecule is CCC[C@@]1(C2CCN(C(=O)Cc3c(F)cc(F)cc3F)CC2)NC(=O)N(Cc2ccco2)C1=O. The Bertz CT molecular complexity index is 1060. The van der Waals surface area contributed by atoms with Gasteiger partial charge in [-0.25, -0.2) is 18.0 Å². The van der Waals surface area contributed by atoms with Crippen molar-refractivity contribution >= 4 is 17.8 Å². The van der Waals surface area contributed by atoms with E-state index in [0.29, 0.717) is 43.6 Å². The van der Waals surface area contributed by atoms with Gasteiger partial charge in [0, 0.05) is 30.8 Å². The van der Waals surface area contributed by atoms with Crippen molar-refractivity contribution < 1.29 is 32.0 Å². The molecule has 2 aliphatic heterocycles. The smallest absolute Gasteiger partial charge is 0.325 e. The molecule has 4 amide bonds. The molecule has 1 N–H and O–H groups in total. The standard InChI is InChI=1S/C24H26F3N3O4/c1-2-7-24(22(32)30(23(33)28-24)14-17-4-3-10-34-17)15-5-8-29(9-6-15)21(31)13-18-19(26)11-16(25)12-20(18)27/h3-4,10-12,15H,2,5-9,13-14H2,1H3,(H,28,33)/t24-/m0/s1. The first-order chi connectivity index (χ1) is 16.2. The summed E-state index contributed by atoms with van der Waals surface area (Å²) < 4.78 is 46.3. The average Bonchev–Trinajstić information content (AvgIpc) is 3.39. The van der Waals surface area contributed by atoms with Crippen molar-refractivity contribution in [1.29, 1.82) is 0 Å². The number of nitrogens with one attached hydrogen (secondary N) is 1. The number of carbonyl (C=O) groups excluding carboxylic acids is 3. The summed E-state index contributed by atoms with van der Waals surface area (Å²) in [5.41, 5.74) is -1.54. The number of furan rings is 1. The highest BCUT2D eigenvalue weighted by Crippen LogP contribution is 2.37. The number of halogens is 3. The van der Waals surface area contributed by atoms with Crippen molar-refractivity contribution in [2.24, 2.45) is 5.92 Å². The highest BCUT2D eigenvalue weighted by molar-refractivity contribution is 6.07. The minimum atomic E-state index is -1.10. The topological polar surface area (TPSA) is 82.9 Å². The van der Waals surface area contributed by atoms with Gasteiger partial charge in [0.2, 0.25) is 5.91 Å². The van der Waals surface area contributed by atoms with Gasteiger partial charge in [-0.05, 0) is 37.3 Å². The molecule has 10 heteroatoms. The van der Waals surface area contributed by atoms with E-state index >= 15 is 0 Å². The molecule has 2 fully saturated rings. The molecule has 0 aliphatic carbocycles. The van der Waals surface area contributed by atoms with Gasteiger partial charge >= 0.3 is 6.03 Å². The second-order valence-corrected chi connectivity index (χ2v) is 8.80. The molecule has 7 nitrogen and oxygen atoms in total. The number of hydrogen-bond donors (Lipinski definition) is 1. The van der Waals surface area contributed by atoms with Gasteiger partial charge in [0.05, 0.1) is 19.2 Å². The lowest BCUT2D eigenvalue weighted by atomic mass is 9.74. The second-order valence-electron chi connectivity index (χ2n) is 8.80. The average molecular weight is 477 g/mol. The van der Waals surface area contributed by atoms with Crippen molar-refractivity contribution in [2.45, 2.75) is 51.1 Å². The molecule has 0 saturated carbocycles. The Kier molecular flexibility index (Phi) is 6.67. The minimum Gasteiger partial charge on any atom is -0.467 e. The molecule has 0 radical (unpaired) electrons. The van der Waals surface area contributed by atoms with Crippen molar-refractivity contribution in [3.63, 3.8) is 0 Å². The first kappa shape index (κ1) is 23.8. The molecule has 0 spiro atoms. The first-order valence-electron chi connectivity index (χ1n) is 11.3. The molecule has 1 aromatic carbocycles. The fourth-order valence-corrected chi connectivity index (χ4v) is 5.02. The summed E-state index contributed by atoms with van der Waals surface area (Å²) >= 11 is 0. The zero-order valence-corrected chi connectivity index (χ0v) is 18.8. The van der Waals surface area contributed by atoms with Gasteiger partial charge in [0.15, 0.2) is 0 Å². The van der Waals surface area contributed by atoms with Crippen molar-refractivity contribution in [3.05, 3.63) is 59.3 Å². The van der Waals surface area contributed by atoms with Crippen LogP contribution in [0, 0.1) is 23.4 Å². The molecule has 34 heavy (non-hydrogen) atoms. The third-order valence-electron chi connectivity index (χ3n) is 6.72. The Morgan fingerprint density at radius 3 is 2.44 bits per heavy atom. The van der Waals surface area contributed by atoms with Crippen LogP contribution in [0.5, 0.6) is 0 Å². The molecule has 3 heterocycles. The van der Waals surface area contributed by atoms with Crippen LogP contribution in [-0.4, -0.2) is 46.3 Å². The summed E-state index contributed by atoms with van der Waals surface area (Å²) in [5.74, 6) is -3.73. The highest BCUT2D eigenvalue weighted by Gasteiger charge is 2.55. The van der Waals surface area contributed by atoms with E-state index in [9.17, 15) is 27.6 Å². The number of likely N-dealkylation sites (tertiary alicyclic amines) is 1. The van der Waals surface area contributed by atoms with Gasteiger partial charge in [0.25, 0.3) is 5.91 Å². The van der Waals surface area contributed by atoms with E-state index in [-0.39, 0.29) is 31.5 Å². The van der Waals surface area contributed by atoms with Crippen LogP contribution in [0.1, 0.15) is 43.9 Å². The molecular formula is C24H26F3N3O4. The summed E-state index contributed by atoms with van der Waals surface area (Å²) in [6.07, 6.45) is 2.97. The van der Waals surface area contributed by atoms with E-state index in [1.165, 1.54) is 11.2 Å². The second kappa shape index (κ2) is 9.52. The Morgan fingerprint density at radius 1 is 1.18 bits per heavy atom. The number of benzene rings is 1. The maximum Gasteiger partial charge on any atom is 0.325 e. The molecule has 2 aliphatic rings. The predicted molar refractivity (Wildman–Crippen MR) is 115 cm³/mol. The third kappa shape index (κ3) is 4.41. The molecule has 2 aromatic rings. The van der Waals surface area contributed by atoms with Crippen LogP contribution in [0.25, 0.3) is 0 Å². The molecule has 1 aromatic heterocycles. The van der Waals surface area contributed by atoms with Gasteiger partial charge in [-0.15, -0.1) is 0 Å². The van der Waals surface area contributed by atoms with E-state index in [1.54, 1.807) is 12.1 Å². The molecule has 4 rings (SSSR count). The monoisotopic (exact) mass is 477 g/mol. The summed E-state index contributed by atoms with van der Waals surface area (Å²) in [4.78, 5) is 41.4. The fourth-order valence-electron chi connectivity index (χ4n) is 5.02. The minimum absolute atomic E-state index is 0.0370. The zero-order chi connectivity index (χ0) is 24.5. The molecular weight excluding hydrogens is 451 g/mol. The molecule has 0 unspecified atom stereocenters. The summed E-state index contributed by atoms with van der Waals surface area (Å²) in [6.45, 7) is 2.53. The lowest BCUT2D eigenvalue weighted by Gasteiger charge is -2.41. The quantitative estimate of drug-likeness (QED) is 0.616. The van der Waals surface area contributed by atoms with Crippen LogP contribution in [0.3, 0.4) is 0 Å². The van der Waals surface area contributed by atoms with Gasteiger partial charge < -0.3 is 14.6 Å². The van der Waals surface area contributed by atoms with Crippen LogP contribution in [0.15, 0.2) is 34.9 Å². The van der Waals surface area contributed by atoms with Crippen LogP contribution in [-0.2, 0) is 22.6 Å². The maximum atomic E-state index is 14.0. The number of piperidine rings is 1. The lowest BCUT2D eigenvalue weighted by molar-refractivity contribution is -0.136. The number of hydrogen-bond acceptors (Lipinski definition) is 4. The Labute approximate surface area is 194 Å². The zero-order valence-electron chi connectivity index (χ0n) is 18.8. The van der Waals surface area contributed by atoms with E-state index in [2.05, 4.69) is 5.32 Å². The first-order valence-corrected chi connectivity index (χ1v) is 11.3. The molecule has 182 valence electrons. The summed E-state index contributed by atoms with van der Waals surface area (Å²) in [5, 5.41) is 2.91. The fraction of sp³-hybridized carbons (Fsp3) is 0.458. The third-order valence-corrected chi connectivity index (χ3v) is 6.72.